The predicted octanol–water partition coefficient (Wildman–Crippen LogP) is 3.39. The summed E-state index contributed by atoms with van der Waals surface area (Å²) in [7, 11) is 0. The first-order valence-corrected chi connectivity index (χ1v) is 7.52. The maximum Gasteiger partial charge on any atom is 0.415 e. The van der Waals surface area contributed by atoms with E-state index in [4.69, 9.17) is 4.74 Å². The Morgan fingerprint density at radius 3 is 2.63 bits per heavy atom. The number of carbonyl (C=O) groups excluding carboxylic acids is 1. The number of carbonyl (C=O) groups is 1. The second kappa shape index (κ2) is 5.53. The first kappa shape index (κ1) is 12.4. The minimum atomic E-state index is -0.239. The number of ether oxygens (including phenoxy) is 1. The van der Waals surface area contributed by atoms with Crippen LogP contribution in [0.5, 0.6) is 5.75 Å². The van der Waals surface area contributed by atoms with Gasteiger partial charge in [-0.3, -0.25) is 0 Å². The number of nitrogens with zero attached hydrogens (tertiary/aromatic N) is 1. The molecule has 0 aromatic heterocycles. The summed E-state index contributed by atoms with van der Waals surface area (Å²) in [5.74, 6) is 2.62. The molecule has 2 aromatic carbocycles. The maximum atomic E-state index is 12.1. The van der Waals surface area contributed by atoms with Crippen LogP contribution in [0.1, 0.15) is 0 Å². The minimum absolute atomic E-state index is 0.239. The number of hydrogen-bond donors (Lipinski definition) is 0. The van der Waals surface area contributed by atoms with Gasteiger partial charge in [0.1, 0.15) is 5.75 Å². The van der Waals surface area contributed by atoms with E-state index in [0.29, 0.717) is 5.75 Å². The largest absolute Gasteiger partial charge is 0.415 e. The highest BCUT2D eigenvalue weighted by molar-refractivity contribution is 7.99. The lowest BCUT2D eigenvalue weighted by Gasteiger charge is -2.25. The molecule has 19 heavy (non-hydrogen) atoms. The molecule has 0 atom stereocenters. The first-order valence-electron chi connectivity index (χ1n) is 6.37. The molecule has 0 saturated carbocycles. The summed E-state index contributed by atoms with van der Waals surface area (Å²) in [6.45, 7) is 1.54. The van der Waals surface area contributed by atoms with E-state index in [1.54, 1.807) is 4.90 Å². The monoisotopic (exact) mass is 273 g/mol. The Hall–Kier alpha value is -1.68. The van der Waals surface area contributed by atoms with Gasteiger partial charge in [0.15, 0.2) is 0 Å². The van der Waals surface area contributed by atoms with Crippen LogP contribution in [0.2, 0.25) is 0 Å². The van der Waals surface area contributed by atoms with Crippen LogP contribution in [0.15, 0.2) is 42.5 Å². The van der Waals surface area contributed by atoms with Crippen LogP contribution < -0.4 is 4.74 Å². The van der Waals surface area contributed by atoms with Gasteiger partial charge in [0.05, 0.1) is 0 Å². The van der Waals surface area contributed by atoms with Crippen LogP contribution in [0.25, 0.3) is 10.8 Å². The second-order valence-electron chi connectivity index (χ2n) is 4.44. The van der Waals surface area contributed by atoms with Gasteiger partial charge in [-0.15, -0.1) is 0 Å². The van der Waals surface area contributed by atoms with Gasteiger partial charge in [-0.2, -0.15) is 11.8 Å². The van der Waals surface area contributed by atoms with E-state index in [1.165, 1.54) is 0 Å². The van der Waals surface area contributed by atoms with Crippen LogP contribution >= 0.6 is 11.8 Å². The lowest BCUT2D eigenvalue weighted by Crippen LogP contribution is -2.39. The molecule has 0 radical (unpaired) electrons. The van der Waals surface area contributed by atoms with E-state index in [1.807, 2.05) is 54.2 Å². The van der Waals surface area contributed by atoms with E-state index in [-0.39, 0.29) is 6.09 Å². The molecule has 98 valence electrons. The maximum absolute atomic E-state index is 12.1. The molecule has 3 nitrogen and oxygen atoms in total. The molecule has 1 heterocycles. The average Bonchev–Trinajstić information content (AvgIpc) is 2.48. The zero-order chi connectivity index (χ0) is 13.1. The summed E-state index contributed by atoms with van der Waals surface area (Å²) < 4.78 is 5.54. The molecule has 3 rings (SSSR count). The van der Waals surface area contributed by atoms with Gasteiger partial charge in [0.25, 0.3) is 0 Å². The van der Waals surface area contributed by atoms with Gasteiger partial charge in [-0.25, -0.2) is 4.79 Å². The third kappa shape index (κ3) is 2.68. The van der Waals surface area contributed by atoms with Crippen molar-refractivity contribution in [2.24, 2.45) is 0 Å². The number of hydrogen-bond acceptors (Lipinski definition) is 3. The fourth-order valence-electron chi connectivity index (χ4n) is 2.19. The highest BCUT2D eigenvalue weighted by atomic mass is 32.2. The number of thioether (sulfide) groups is 1. The average molecular weight is 273 g/mol. The molecule has 0 aliphatic carbocycles. The van der Waals surface area contributed by atoms with E-state index < -0.39 is 0 Å². The third-order valence-electron chi connectivity index (χ3n) is 3.22. The number of amides is 1. The fourth-order valence-corrected chi connectivity index (χ4v) is 3.09. The zero-order valence-electron chi connectivity index (χ0n) is 10.5. The van der Waals surface area contributed by atoms with Crippen molar-refractivity contribution >= 4 is 28.6 Å². The minimum Gasteiger partial charge on any atom is -0.410 e. The van der Waals surface area contributed by atoms with Crippen molar-refractivity contribution < 1.29 is 9.53 Å². The Labute approximate surface area is 116 Å². The molecular weight excluding hydrogens is 258 g/mol. The van der Waals surface area contributed by atoms with E-state index in [2.05, 4.69) is 0 Å². The van der Waals surface area contributed by atoms with Crippen molar-refractivity contribution in [1.29, 1.82) is 0 Å². The summed E-state index contributed by atoms with van der Waals surface area (Å²) in [4.78, 5) is 13.9. The lowest BCUT2D eigenvalue weighted by atomic mass is 10.1. The van der Waals surface area contributed by atoms with Gasteiger partial charge in [-0.05, 0) is 11.5 Å². The van der Waals surface area contributed by atoms with Gasteiger partial charge >= 0.3 is 6.09 Å². The molecule has 1 saturated heterocycles. The summed E-state index contributed by atoms with van der Waals surface area (Å²) in [5, 5.41) is 2.06. The van der Waals surface area contributed by atoms with Crippen molar-refractivity contribution in [1.82, 2.24) is 4.90 Å². The fraction of sp³-hybridized carbons (Fsp3) is 0.267. The molecule has 0 N–H and O–H groups in total. The van der Waals surface area contributed by atoms with Gasteiger partial charge in [0, 0.05) is 30.0 Å². The summed E-state index contributed by atoms with van der Waals surface area (Å²) in [5.41, 5.74) is 0. The van der Waals surface area contributed by atoms with Crippen molar-refractivity contribution in [3.05, 3.63) is 42.5 Å². The highest BCUT2D eigenvalue weighted by Gasteiger charge is 2.19. The molecule has 0 spiro atoms. The molecule has 0 unspecified atom stereocenters. The van der Waals surface area contributed by atoms with Crippen molar-refractivity contribution in [2.75, 3.05) is 24.6 Å². The molecule has 1 fully saturated rings. The number of fused-ring (bicyclic) bond motifs is 1. The number of rotatable bonds is 1. The third-order valence-corrected chi connectivity index (χ3v) is 4.16. The predicted molar refractivity (Wildman–Crippen MR) is 78.9 cm³/mol. The van der Waals surface area contributed by atoms with Crippen LogP contribution in [-0.2, 0) is 0 Å². The van der Waals surface area contributed by atoms with Gasteiger partial charge in [0.2, 0.25) is 0 Å². The van der Waals surface area contributed by atoms with Gasteiger partial charge in [-0.1, -0.05) is 36.4 Å². The Kier molecular flexibility index (Phi) is 3.60. The Balaban J connectivity index is 1.82. The lowest BCUT2D eigenvalue weighted by molar-refractivity contribution is 0.157. The summed E-state index contributed by atoms with van der Waals surface area (Å²) in [6, 6.07) is 13.7. The summed E-state index contributed by atoms with van der Waals surface area (Å²) >= 11 is 1.88. The normalized spacial score (nSPS) is 15.5. The Morgan fingerprint density at radius 2 is 1.79 bits per heavy atom. The molecule has 1 aliphatic heterocycles. The standard InChI is InChI=1S/C15H15NO2S/c17-15(16-8-10-19-11-9-16)18-14-7-3-5-12-4-1-2-6-13(12)14/h1-7H,8-11H2. The number of benzene rings is 2. The van der Waals surface area contributed by atoms with Crippen molar-refractivity contribution in [2.45, 2.75) is 0 Å². The smallest absolute Gasteiger partial charge is 0.410 e. The molecular formula is C15H15NO2S. The van der Waals surface area contributed by atoms with E-state index >= 15 is 0 Å². The SMILES string of the molecule is O=C(Oc1cccc2ccccc12)N1CCSCC1. The zero-order valence-corrected chi connectivity index (χ0v) is 11.4. The van der Waals surface area contributed by atoms with Crippen LogP contribution in [-0.4, -0.2) is 35.6 Å². The Morgan fingerprint density at radius 1 is 1.05 bits per heavy atom. The van der Waals surface area contributed by atoms with Crippen LogP contribution in [0.3, 0.4) is 0 Å². The Bertz CT molecular complexity index is 588. The molecule has 0 bridgehead atoms. The van der Waals surface area contributed by atoms with Gasteiger partial charge < -0.3 is 9.64 Å². The van der Waals surface area contributed by atoms with E-state index in [9.17, 15) is 4.79 Å². The molecule has 2 aromatic rings. The van der Waals surface area contributed by atoms with Crippen LogP contribution in [0, 0.1) is 0 Å². The highest BCUT2D eigenvalue weighted by Crippen LogP contribution is 2.26. The molecule has 4 heteroatoms. The van der Waals surface area contributed by atoms with Crippen LogP contribution in [0.4, 0.5) is 4.79 Å². The summed E-state index contributed by atoms with van der Waals surface area (Å²) in [6.07, 6.45) is -0.239. The molecule has 1 aliphatic rings. The quantitative estimate of drug-likeness (QED) is 0.797. The van der Waals surface area contributed by atoms with Crippen molar-refractivity contribution in [3.8, 4) is 5.75 Å². The van der Waals surface area contributed by atoms with E-state index in [0.717, 1.165) is 35.4 Å². The second-order valence-corrected chi connectivity index (χ2v) is 5.67. The first-order chi connectivity index (χ1) is 9.34. The van der Waals surface area contributed by atoms with Crippen molar-refractivity contribution in [3.63, 3.8) is 0 Å². The topological polar surface area (TPSA) is 29.5 Å². The molecule has 1 amide bonds.